The van der Waals surface area contributed by atoms with Crippen LogP contribution in [0.5, 0.6) is 0 Å². The number of aromatic amines is 1. The van der Waals surface area contributed by atoms with Crippen molar-refractivity contribution in [2.24, 2.45) is 11.8 Å². The lowest BCUT2D eigenvalue weighted by Crippen LogP contribution is -2.58. The molecule has 6 nitrogen and oxygen atoms in total. The Bertz CT molecular complexity index is 1370. The van der Waals surface area contributed by atoms with Crippen LogP contribution in [0.25, 0.3) is 22.3 Å². The van der Waals surface area contributed by atoms with Crippen LogP contribution in [-0.2, 0) is 0 Å². The van der Waals surface area contributed by atoms with Gasteiger partial charge in [-0.05, 0) is 81.0 Å². The Labute approximate surface area is 211 Å². The summed E-state index contributed by atoms with van der Waals surface area (Å²) in [6.07, 6.45) is 15.9. The lowest BCUT2D eigenvalue weighted by atomic mass is 9.68. The molecule has 2 aliphatic heterocycles. The van der Waals surface area contributed by atoms with Crippen molar-refractivity contribution in [3.8, 4) is 11.3 Å². The van der Waals surface area contributed by atoms with Crippen LogP contribution in [0.2, 0.25) is 0 Å². The average Bonchev–Trinajstić information content (AvgIpc) is 2.88. The van der Waals surface area contributed by atoms with Gasteiger partial charge < -0.3 is 9.55 Å². The number of nitrogens with zero attached hydrogens (tertiary/aromatic N) is 3. The van der Waals surface area contributed by atoms with Crippen molar-refractivity contribution in [3.63, 3.8) is 0 Å². The van der Waals surface area contributed by atoms with Gasteiger partial charge in [0.1, 0.15) is 5.69 Å². The van der Waals surface area contributed by atoms with Crippen LogP contribution in [0.15, 0.2) is 52.2 Å². The average molecular weight is 485 g/mol. The van der Waals surface area contributed by atoms with Gasteiger partial charge in [-0.2, -0.15) is 0 Å². The van der Waals surface area contributed by atoms with Crippen molar-refractivity contribution in [1.82, 2.24) is 19.4 Å². The first-order valence-corrected chi connectivity index (χ1v) is 14.1. The summed E-state index contributed by atoms with van der Waals surface area (Å²) in [4.78, 5) is 36.9. The number of benzene rings is 1. The molecule has 188 valence electrons. The van der Waals surface area contributed by atoms with Crippen LogP contribution in [-0.4, -0.2) is 37.6 Å². The molecule has 7 rings (SSSR count). The second-order valence-electron chi connectivity index (χ2n) is 11.9. The van der Waals surface area contributed by atoms with E-state index < -0.39 is 0 Å². The molecular weight excluding hydrogens is 448 g/mol. The molecule has 3 aromatic rings. The molecule has 2 aliphatic carbocycles. The van der Waals surface area contributed by atoms with Gasteiger partial charge in [0.2, 0.25) is 0 Å². The summed E-state index contributed by atoms with van der Waals surface area (Å²) in [7, 11) is 0. The van der Waals surface area contributed by atoms with Gasteiger partial charge in [-0.1, -0.05) is 37.8 Å². The molecule has 4 atom stereocenters. The SMILES string of the molecule is O=c1[nH]cccc1-c1nc2ccccc2n(C2C[C@@H]3CCC[C@@H](C2)N3C2C[C@H]3CCC[C@H](C2)C3)c1=O. The van der Waals surface area contributed by atoms with Gasteiger partial charge in [-0.3, -0.25) is 14.5 Å². The Morgan fingerprint density at radius 3 is 2.22 bits per heavy atom. The molecule has 0 unspecified atom stereocenters. The molecule has 36 heavy (non-hydrogen) atoms. The lowest BCUT2D eigenvalue weighted by Gasteiger charge is -2.55. The zero-order valence-electron chi connectivity index (χ0n) is 20.9. The van der Waals surface area contributed by atoms with Crippen molar-refractivity contribution >= 4 is 11.0 Å². The molecule has 0 spiro atoms. The maximum absolute atomic E-state index is 14.0. The van der Waals surface area contributed by atoms with Crippen molar-refractivity contribution in [1.29, 1.82) is 0 Å². The van der Waals surface area contributed by atoms with E-state index in [0.29, 0.717) is 17.6 Å². The Morgan fingerprint density at radius 1 is 0.750 bits per heavy atom. The third-order valence-corrected chi connectivity index (χ3v) is 9.76. The highest BCUT2D eigenvalue weighted by Crippen LogP contribution is 2.47. The molecule has 2 saturated carbocycles. The molecule has 4 bridgehead atoms. The van der Waals surface area contributed by atoms with Crippen LogP contribution in [0.3, 0.4) is 0 Å². The molecule has 4 fully saturated rings. The largest absolute Gasteiger partial charge is 0.329 e. The van der Waals surface area contributed by atoms with Crippen LogP contribution in [0.1, 0.15) is 76.7 Å². The molecule has 2 aromatic heterocycles. The van der Waals surface area contributed by atoms with Crippen LogP contribution in [0, 0.1) is 11.8 Å². The van der Waals surface area contributed by atoms with Gasteiger partial charge in [0.25, 0.3) is 11.1 Å². The highest BCUT2D eigenvalue weighted by molar-refractivity contribution is 5.77. The fraction of sp³-hybridized carbons (Fsp3) is 0.567. The Balaban J connectivity index is 1.27. The van der Waals surface area contributed by atoms with Crippen molar-refractivity contribution in [2.75, 3.05) is 0 Å². The fourth-order valence-electron chi connectivity index (χ4n) is 8.44. The Morgan fingerprint density at radius 2 is 1.47 bits per heavy atom. The minimum absolute atomic E-state index is 0.130. The van der Waals surface area contributed by atoms with Gasteiger partial charge in [0, 0.05) is 30.4 Å². The summed E-state index contributed by atoms with van der Waals surface area (Å²) in [6.45, 7) is 0. The first-order chi connectivity index (χ1) is 17.7. The molecule has 0 radical (unpaired) electrons. The second-order valence-corrected chi connectivity index (χ2v) is 11.9. The number of aromatic nitrogens is 3. The number of H-pyrrole nitrogens is 1. The number of para-hydroxylation sites is 2. The first-order valence-electron chi connectivity index (χ1n) is 14.1. The fourth-order valence-corrected chi connectivity index (χ4v) is 8.44. The van der Waals surface area contributed by atoms with E-state index in [1.54, 1.807) is 18.3 Å². The summed E-state index contributed by atoms with van der Waals surface area (Å²) < 4.78 is 2.00. The first kappa shape index (κ1) is 22.5. The lowest BCUT2D eigenvalue weighted by molar-refractivity contribution is -0.0485. The van der Waals surface area contributed by atoms with Gasteiger partial charge >= 0.3 is 0 Å². The van der Waals surface area contributed by atoms with Gasteiger partial charge in [0.05, 0.1) is 16.6 Å². The summed E-state index contributed by atoms with van der Waals surface area (Å²) >= 11 is 0. The molecule has 1 aromatic carbocycles. The highest BCUT2D eigenvalue weighted by atomic mass is 16.1. The predicted molar refractivity (Wildman–Crippen MR) is 142 cm³/mol. The van der Waals surface area contributed by atoms with Crippen LogP contribution < -0.4 is 11.1 Å². The van der Waals surface area contributed by atoms with E-state index in [4.69, 9.17) is 4.98 Å². The number of rotatable bonds is 3. The number of nitrogens with one attached hydrogen (secondary N) is 1. The predicted octanol–water partition coefficient (Wildman–Crippen LogP) is 5.28. The van der Waals surface area contributed by atoms with E-state index in [9.17, 15) is 9.59 Å². The number of hydrogen-bond acceptors (Lipinski definition) is 4. The number of pyridine rings is 1. The molecule has 1 N–H and O–H groups in total. The van der Waals surface area contributed by atoms with Crippen molar-refractivity contribution < 1.29 is 0 Å². The number of hydrogen-bond donors (Lipinski definition) is 1. The standard InChI is InChI=1S/C30H36N4O2/c35-29-25(10-5-13-31-29)28-30(36)34(27-12-2-1-11-26(27)32-28)24-17-21-8-4-9-22(18-24)33(21)23-15-19-6-3-7-20(14-19)16-23/h1-2,5,10-13,19-24H,3-4,6-9,14-18H2,(H,31,35)/t19-,20-,21-,22-/m0/s1. The van der Waals surface area contributed by atoms with Crippen molar-refractivity contribution in [3.05, 3.63) is 63.3 Å². The normalized spacial score (nSPS) is 32.4. The monoisotopic (exact) mass is 484 g/mol. The topological polar surface area (TPSA) is 71.0 Å². The quantitative estimate of drug-likeness (QED) is 0.549. The third kappa shape index (κ3) is 3.76. The smallest absolute Gasteiger partial charge is 0.278 e. The van der Waals surface area contributed by atoms with E-state index in [1.807, 2.05) is 28.8 Å². The maximum Gasteiger partial charge on any atom is 0.278 e. The maximum atomic E-state index is 14.0. The number of fused-ring (bicyclic) bond motifs is 5. The van der Waals surface area contributed by atoms with E-state index in [1.165, 1.54) is 57.8 Å². The van der Waals surface area contributed by atoms with Gasteiger partial charge in [-0.25, -0.2) is 4.98 Å². The van der Waals surface area contributed by atoms with E-state index >= 15 is 0 Å². The second kappa shape index (κ2) is 8.98. The summed E-state index contributed by atoms with van der Waals surface area (Å²) in [5.74, 6) is 1.86. The molecular formula is C30H36N4O2. The Hall–Kier alpha value is -2.73. The molecule has 0 amide bonds. The zero-order valence-corrected chi connectivity index (χ0v) is 20.9. The minimum atomic E-state index is -0.265. The number of piperidine rings is 2. The molecule has 6 heteroatoms. The third-order valence-electron chi connectivity index (χ3n) is 9.76. The summed E-state index contributed by atoms with van der Waals surface area (Å²) in [6, 6.07) is 13.4. The summed E-state index contributed by atoms with van der Waals surface area (Å²) in [5.41, 5.74) is 1.90. The Kier molecular flexibility index (Phi) is 5.61. The highest BCUT2D eigenvalue weighted by Gasteiger charge is 2.45. The van der Waals surface area contributed by atoms with Crippen LogP contribution >= 0.6 is 0 Å². The van der Waals surface area contributed by atoms with E-state index in [2.05, 4.69) is 9.88 Å². The van der Waals surface area contributed by atoms with Crippen LogP contribution in [0.4, 0.5) is 0 Å². The van der Waals surface area contributed by atoms with Gasteiger partial charge in [-0.15, -0.1) is 0 Å². The molecule has 2 saturated heterocycles. The molecule has 4 aliphatic rings. The van der Waals surface area contributed by atoms with Crippen molar-refractivity contribution in [2.45, 2.75) is 94.8 Å². The zero-order chi connectivity index (χ0) is 24.2. The molecule has 4 heterocycles. The van der Waals surface area contributed by atoms with E-state index in [-0.39, 0.29) is 22.9 Å². The van der Waals surface area contributed by atoms with E-state index in [0.717, 1.165) is 41.8 Å². The summed E-state index contributed by atoms with van der Waals surface area (Å²) in [5, 5.41) is 0. The minimum Gasteiger partial charge on any atom is -0.329 e. The van der Waals surface area contributed by atoms with Gasteiger partial charge in [0.15, 0.2) is 0 Å².